The highest BCUT2D eigenvalue weighted by molar-refractivity contribution is 5.45. The van der Waals surface area contributed by atoms with E-state index in [1.807, 2.05) is 0 Å². The molecule has 2 aromatic heterocycles. The molecule has 102 valence electrons. The van der Waals surface area contributed by atoms with Gasteiger partial charge in [0.05, 0.1) is 11.4 Å². The molecule has 0 atom stereocenters. The van der Waals surface area contributed by atoms with Crippen molar-refractivity contribution in [3.63, 3.8) is 0 Å². The maximum Gasteiger partial charge on any atom is 0.137 e. The zero-order valence-electron chi connectivity index (χ0n) is 11.5. The Morgan fingerprint density at radius 1 is 1.37 bits per heavy atom. The minimum absolute atomic E-state index is 0.556. The lowest BCUT2D eigenvalue weighted by Crippen LogP contribution is -2.26. The Morgan fingerprint density at radius 2 is 2.16 bits per heavy atom. The standard InChI is InChI=1S/C15H22N4/c1-2-13-14(9-16)19-10-12(3-4-15(19)18-13)11-5-7-17-8-6-11/h3-4,10-11,17H,2,5-9,16H2,1H3. The van der Waals surface area contributed by atoms with Gasteiger partial charge in [0.1, 0.15) is 5.65 Å². The fourth-order valence-electron chi connectivity index (χ4n) is 3.05. The van der Waals surface area contributed by atoms with Gasteiger partial charge in [0.15, 0.2) is 0 Å². The van der Waals surface area contributed by atoms with Gasteiger partial charge < -0.3 is 15.5 Å². The van der Waals surface area contributed by atoms with Crippen molar-refractivity contribution in [2.24, 2.45) is 5.73 Å². The van der Waals surface area contributed by atoms with Gasteiger partial charge in [0.25, 0.3) is 0 Å². The van der Waals surface area contributed by atoms with E-state index in [-0.39, 0.29) is 0 Å². The zero-order chi connectivity index (χ0) is 13.2. The van der Waals surface area contributed by atoms with Crippen LogP contribution in [0.15, 0.2) is 18.3 Å². The molecular weight excluding hydrogens is 236 g/mol. The van der Waals surface area contributed by atoms with Crippen molar-refractivity contribution in [2.45, 2.75) is 38.6 Å². The smallest absolute Gasteiger partial charge is 0.137 e. The zero-order valence-corrected chi connectivity index (χ0v) is 11.5. The molecule has 4 heteroatoms. The number of imidazole rings is 1. The molecule has 3 rings (SSSR count). The lowest BCUT2D eigenvalue weighted by Gasteiger charge is -2.23. The highest BCUT2D eigenvalue weighted by atomic mass is 15.0. The van der Waals surface area contributed by atoms with Crippen LogP contribution in [0.5, 0.6) is 0 Å². The first-order valence-electron chi connectivity index (χ1n) is 7.24. The SMILES string of the molecule is CCc1nc2ccc(C3CCNCC3)cn2c1CN. The van der Waals surface area contributed by atoms with E-state index in [2.05, 4.69) is 40.0 Å². The molecule has 3 N–H and O–H groups in total. The van der Waals surface area contributed by atoms with E-state index in [1.165, 1.54) is 18.4 Å². The summed E-state index contributed by atoms with van der Waals surface area (Å²) in [5.41, 5.74) is 10.6. The average molecular weight is 258 g/mol. The summed E-state index contributed by atoms with van der Waals surface area (Å²) >= 11 is 0. The van der Waals surface area contributed by atoms with E-state index < -0.39 is 0 Å². The van der Waals surface area contributed by atoms with Crippen molar-refractivity contribution in [1.29, 1.82) is 0 Å². The fourth-order valence-corrected chi connectivity index (χ4v) is 3.05. The van der Waals surface area contributed by atoms with Crippen LogP contribution in [0.25, 0.3) is 5.65 Å². The molecule has 0 aromatic carbocycles. The van der Waals surface area contributed by atoms with Crippen LogP contribution in [-0.2, 0) is 13.0 Å². The number of aryl methyl sites for hydroxylation is 1. The number of aromatic nitrogens is 2. The third kappa shape index (κ3) is 2.26. The molecule has 1 aliphatic rings. The maximum atomic E-state index is 5.89. The van der Waals surface area contributed by atoms with Gasteiger partial charge >= 0.3 is 0 Å². The number of piperidine rings is 1. The fraction of sp³-hybridized carbons (Fsp3) is 0.533. The first-order chi connectivity index (χ1) is 9.33. The lowest BCUT2D eigenvalue weighted by molar-refractivity contribution is 0.459. The number of hydrogen-bond acceptors (Lipinski definition) is 3. The minimum Gasteiger partial charge on any atom is -0.325 e. The average Bonchev–Trinajstić information content (AvgIpc) is 2.84. The van der Waals surface area contributed by atoms with Crippen LogP contribution in [0, 0.1) is 0 Å². The van der Waals surface area contributed by atoms with Crippen molar-refractivity contribution in [2.75, 3.05) is 13.1 Å². The lowest BCUT2D eigenvalue weighted by atomic mass is 9.91. The predicted octanol–water partition coefficient (Wildman–Crippen LogP) is 1.82. The van der Waals surface area contributed by atoms with Gasteiger partial charge in [-0.25, -0.2) is 4.98 Å². The number of pyridine rings is 1. The summed E-state index contributed by atoms with van der Waals surface area (Å²) in [5, 5.41) is 3.42. The van der Waals surface area contributed by atoms with Gasteiger partial charge in [-0.15, -0.1) is 0 Å². The van der Waals surface area contributed by atoms with Crippen LogP contribution >= 0.6 is 0 Å². The van der Waals surface area contributed by atoms with Gasteiger partial charge in [0.2, 0.25) is 0 Å². The van der Waals surface area contributed by atoms with Crippen LogP contribution in [-0.4, -0.2) is 22.5 Å². The van der Waals surface area contributed by atoms with Crippen LogP contribution in [0.1, 0.15) is 42.6 Å². The maximum absolute atomic E-state index is 5.89. The second-order valence-electron chi connectivity index (χ2n) is 5.28. The topological polar surface area (TPSA) is 55.4 Å². The Hall–Kier alpha value is -1.39. The summed E-state index contributed by atoms with van der Waals surface area (Å²) in [4.78, 5) is 4.66. The monoisotopic (exact) mass is 258 g/mol. The molecule has 4 nitrogen and oxygen atoms in total. The summed E-state index contributed by atoms with van der Waals surface area (Å²) in [6.07, 6.45) is 5.63. The van der Waals surface area contributed by atoms with E-state index >= 15 is 0 Å². The molecule has 1 aliphatic heterocycles. The molecule has 0 aliphatic carbocycles. The molecule has 0 amide bonds. The molecule has 1 saturated heterocycles. The van der Waals surface area contributed by atoms with Crippen molar-refractivity contribution in [3.8, 4) is 0 Å². The molecule has 19 heavy (non-hydrogen) atoms. The Morgan fingerprint density at radius 3 is 2.84 bits per heavy atom. The van der Waals surface area contributed by atoms with Gasteiger partial charge in [-0.05, 0) is 49.9 Å². The van der Waals surface area contributed by atoms with Crippen LogP contribution in [0.4, 0.5) is 0 Å². The quantitative estimate of drug-likeness (QED) is 0.883. The Balaban J connectivity index is 2.03. The van der Waals surface area contributed by atoms with Crippen LogP contribution in [0.2, 0.25) is 0 Å². The molecule has 0 radical (unpaired) electrons. The van der Waals surface area contributed by atoms with Gasteiger partial charge in [-0.1, -0.05) is 13.0 Å². The molecule has 2 aromatic rings. The molecule has 0 bridgehead atoms. The highest BCUT2D eigenvalue weighted by Crippen LogP contribution is 2.26. The second-order valence-corrected chi connectivity index (χ2v) is 5.28. The predicted molar refractivity (Wildman–Crippen MR) is 77.3 cm³/mol. The second kappa shape index (κ2) is 5.31. The third-order valence-corrected chi connectivity index (χ3v) is 4.16. The summed E-state index contributed by atoms with van der Waals surface area (Å²) < 4.78 is 2.19. The summed E-state index contributed by atoms with van der Waals surface area (Å²) in [5.74, 6) is 0.670. The summed E-state index contributed by atoms with van der Waals surface area (Å²) in [7, 11) is 0. The highest BCUT2D eigenvalue weighted by Gasteiger charge is 2.17. The number of fused-ring (bicyclic) bond motifs is 1. The van der Waals surface area contributed by atoms with Crippen molar-refractivity contribution >= 4 is 5.65 Å². The Kier molecular flexibility index (Phi) is 3.53. The molecule has 0 spiro atoms. The number of nitrogens with one attached hydrogen (secondary N) is 1. The van der Waals surface area contributed by atoms with Gasteiger partial charge in [0, 0.05) is 12.7 Å². The third-order valence-electron chi connectivity index (χ3n) is 4.16. The summed E-state index contributed by atoms with van der Waals surface area (Å²) in [6, 6.07) is 4.37. The molecule has 3 heterocycles. The van der Waals surface area contributed by atoms with E-state index in [4.69, 9.17) is 5.73 Å². The van der Waals surface area contributed by atoms with Crippen molar-refractivity contribution < 1.29 is 0 Å². The number of nitrogens with two attached hydrogens (primary N) is 1. The van der Waals surface area contributed by atoms with Crippen LogP contribution < -0.4 is 11.1 Å². The molecule has 0 saturated carbocycles. The minimum atomic E-state index is 0.556. The Bertz CT molecular complexity index is 567. The molecule has 0 unspecified atom stereocenters. The van der Waals surface area contributed by atoms with Crippen LogP contribution in [0.3, 0.4) is 0 Å². The van der Waals surface area contributed by atoms with E-state index in [1.54, 1.807) is 0 Å². The molecule has 1 fully saturated rings. The summed E-state index contributed by atoms with van der Waals surface area (Å²) in [6.45, 7) is 4.93. The Labute approximate surface area is 114 Å². The van der Waals surface area contributed by atoms with E-state index in [0.29, 0.717) is 12.5 Å². The number of hydrogen-bond donors (Lipinski definition) is 2. The first kappa shape index (κ1) is 12.6. The molecular formula is C15H22N4. The number of rotatable bonds is 3. The van der Waals surface area contributed by atoms with Gasteiger partial charge in [-0.2, -0.15) is 0 Å². The van der Waals surface area contributed by atoms with E-state index in [9.17, 15) is 0 Å². The first-order valence-corrected chi connectivity index (χ1v) is 7.24. The largest absolute Gasteiger partial charge is 0.325 e. The van der Waals surface area contributed by atoms with Crippen molar-refractivity contribution in [3.05, 3.63) is 35.3 Å². The van der Waals surface area contributed by atoms with Gasteiger partial charge in [-0.3, -0.25) is 0 Å². The number of nitrogens with zero attached hydrogens (tertiary/aromatic N) is 2. The van der Waals surface area contributed by atoms with Crippen molar-refractivity contribution in [1.82, 2.24) is 14.7 Å². The van der Waals surface area contributed by atoms with E-state index in [0.717, 1.165) is 36.5 Å². The normalized spacial score (nSPS) is 17.2.